The maximum absolute atomic E-state index is 12.6. The van der Waals surface area contributed by atoms with Crippen molar-refractivity contribution in [2.75, 3.05) is 31.1 Å². The molecule has 1 amide bonds. The Bertz CT molecular complexity index is 514. The predicted molar refractivity (Wildman–Crippen MR) is 86.3 cm³/mol. The van der Waals surface area contributed by atoms with Gasteiger partial charge in [0.15, 0.2) is 0 Å². The number of alkyl halides is 2. The molecule has 0 bridgehead atoms. The van der Waals surface area contributed by atoms with Crippen LogP contribution in [-0.4, -0.2) is 45.2 Å². The molecule has 0 aromatic carbocycles. The molecule has 1 aromatic rings. The number of anilines is 1. The quantitative estimate of drug-likeness (QED) is 0.713. The van der Waals surface area contributed by atoms with Gasteiger partial charge in [-0.1, -0.05) is 37.9 Å². The van der Waals surface area contributed by atoms with Crippen molar-refractivity contribution in [3.05, 3.63) is 24.4 Å². The van der Waals surface area contributed by atoms with Gasteiger partial charge in [0.25, 0.3) is 0 Å². The lowest BCUT2D eigenvalue weighted by molar-refractivity contribution is -0.136. The van der Waals surface area contributed by atoms with E-state index in [0.717, 1.165) is 38.4 Å². The van der Waals surface area contributed by atoms with E-state index >= 15 is 0 Å². The second-order valence-corrected chi connectivity index (χ2v) is 9.45. The van der Waals surface area contributed by atoms with Crippen LogP contribution in [0.15, 0.2) is 24.4 Å². The van der Waals surface area contributed by atoms with Crippen molar-refractivity contribution >= 4 is 43.6 Å². The van der Waals surface area contributed by atoms with Gasteiger partial charge < -0.3 is 9.80 Å². The third kappa shape index (κ3) is 2.37. The van der Waals surface area contributed by atoms with Gasteiger partial charge in [-0.15, -0.1) is 0 Å². The number of carbonyl (C=O) groups excluding carboxylic acids is 1. The molecule has 2 heterocycles. The lowest BCUT2D eigenvalue weighted by Gasteiger charge is -2.37. The molecule has 3 rings (SSSR count). The molecule has 0 unspecified atom stereocenters. The summed E-state index contributed by atoms with van der Waals surface area (Å²) in [5.41, 5.74) is -0.305. The van der Waals surface area contributed by atoms with Crippen molar-refractivity contribution in [3.8, 4) is 0 Å². The Kier molecular flexibility index (Phi) is 3.57. The Hall–Kier alpha value is -0.620. The highest BCUT2D eigenvalue weighted by Crippen LogP contribution is 2.66. The van der Waals surface area contributed by atoms with Crippen molar-refractivity contribution in [2.24, 2.45) is 5.41 Å². The maximum atomic E-state index is 12.6. The van der Waals surface area contributed by atoms with E-state index < -0.39 is 0 Å². The summed E-state index contributed by atoms with van der Waals surface area (Å²) in [4.78, 5) is 21.1. The average molecular weight is 403 g/mol. The molecule has 4 nitrogen and oxygen atoms in total. The predicted octanol–water partition coefficient (Wildman–Crippen LogP) is 2.63. The molecular formula is C14H17Br2N3O. The molecule has 1 aromatic heterocycles. The first-order chi connectivity index (χ1) is 9.44. The molecule has 0 N–H and O–H groups in total. The smallest absolute Gasteiger partial charge is 0.231 e. The summed E-state index contributed by atoms with van der Waals surface area (Å²) in [6.07, 6.45) is 2.65. The van der Waals surface area contributed by atoms with Gasteiger partial charge in [0.05, 0.1) is 8.65 Å². The van der Waals surface area contributed by atoms with E-state index in [1.54, 1.807) is 0 Å². The molecule has 1 atom stereocenters. The molecule has 2 aliphatic rings. The topological polar surface area (TPSA) is 36.4 Å². The second kappa shape index (κ2) is 4.98. The van der Waals surface area contributed by atoms with Gasteiger partial charge in [-0.3, -0.25) is 4.79 Å². The first-order valence-electron chi connectivity index (χ1n) is 6.77. The standard InChI is InChI=1S/C14H17Br2N3O/c1-13(10-14(13,15)16)12(20)19-8-6-18(7-9-19)11-4-2-3-5-17-11/h2-5H,6-10H2,1H3/t13-/m0/s1. The number of hydrogen-bond acceptors (Lipinski definition) is 3. The summed E-state index contributed by atoms with van der Waals surface area (Å²) in [5.74, 6) is 1.24. The summed E-state index contributed by atoms with van der Waals surface area (Å²) in [5, 5.41) is 0. The van der Waals surface area contributed by atoms with Crippen LogP contribution in [0, 0.1) is 5.41 Å². The first-order valence-corrected chi connectivity index (χ1v) is 8.36. The zero-order valence-corrected chi connectivity index (χ0v) is 14.5. The maximum Gasteiger partial charge on any atom is 0.231 e. The number of piperazine rings is 1. The fraction of sp³-hybridized carbons (Fsp3) is 0.571. The first kappa shape index (κ1) is 14.3. The largest absolute Gasteiger partial charge is 0.353 e. The van der Waals surface area contributed by atoms with Gasteiger partial charge >= 0.3 is 0 Å². The van der Waals surface area contributed by atoms with E-state index in [9.17, 15) is 4.79 Å². The van der Waals surface area contributed by atoms with Crippen molar-refractivity contribution in [2.45, 2.75) is 16.6 Å². The minimum atomic E-state index is -0.305. The van der Waals surface area contributed by atoms with E-state index in [-0.39, 0.29) is 14.6 Å². The fourth-order valence-electron chi connectivity index (χ4n) is 2.66. The molecule has 6 heteroatoms. The SMILES string of the molecule is C[C@@]1(C(=O)N2CCN(c3ccccn3)CC2)CC1(Br)Br. The third-order valence-corrected chi connectivity index (χ3v) is 6.58. The monoisotopic (exact) mass is 401 g/mol. The fourth-order valence-corrected chi connectivity index (χ4v) is 4.12. The summed E-state index contributed by atoms with van der Waals surface area (Å²) < 4.78 is -0.206. The number of amides is 1. The number of nitrogens with zero attached hydrogens (tertiary/aromatic N) is 3. The molecule has 108 valence electrons. The second-order valence-electron chi connectivity index (χ2n) is 5.68. The molecular weight excluding hydrogens is 386 g/mol. The molecule has 2 fully saturated rings. The van der Waals surface area contributed by atoms with Crippen LogP contribution >= 0.6 is 31.9 Å². The molecule has 1 saturated carbocycles. The van der Waals surface area contributed by atoms with Crippen LogP contribution in [0.1, 0.15) is 13.3 Å². The van der Waals surface area contributed by atoms with E-state index in [1.165, 1.54) is 0 Å². The van der Waals surface area contributed by atoms with Crippen LogP contribution in [0.2, 0.25) is 0 Å². The summed E-state index contributed by atoms with van der Waals surface area (Å²) in [7, 11) is 0. The van der Waals surface area contributed by atoms with Crippen LogP contribution < -0.4 is 4.90 Å². The highest BCUT2D eigenvalue weighted by atomic mass is 79.9. The van der Waals surface area contributed by atoms with Gasteiger partial charge in [-0.25, -0.2) is 4.98 Å². The lowest BCUT2D eigenvalue weighted by Crippen LogP contribution is -2.51. The van der Waals surface area contributed by atoms with Crippen LogP contribution in [0.4, 0.5) is 5.82 Å². The molecule has 20 heavy (non-hydrogen) atoms. The van der Waals surface area contributed by atoms with Crippen molar-refractivity contribution in [1.29, 1.82) is 0 Å². The molecule has 1 aliphatic heterocycles. The molecule has 0 radical (unpaired) electrons. The van der Waals surface area contributed by atoms with Crippen molar-refractivity contribution in [1.82, 2.24) is 9.88 Å². The van der Waals surface area contributed by atoms with E-state index in [1.807, 2.05) is 36.2 Å². The zero-order chi connectivity index (χ0) is 14.4. The minimum absolute atomic E-state index is 0.206. The van der Waals surface area contributed by atoms with Gasteiger partial charge in [0.2, 0.25) is 5.91 Å². The summed E-state index contributed by atoms with van der Waals surface area (Å²) in [6, 6.07) is 5.93. The van der Waals surface area contributed by atoms with Gasteiger partial charge in [0, 0.05) is 32.4 Å². The normalized spacial score (nSPS) is 28.4. The van der Waals surface area contributed by atoms with Crippen LogP contribution in [0.25, 0.3) is 0 Å². The van der Waals surface area contributed by atoms with Gasteiger partial charge in [-0.2, -0.15) is 0 Å². The number of pyridine rings is 1. The third-order valence-electron chi connectivity index (χ3n) is 4.27. The number of carbonyl (C=O) groups is 1. The van der Waals surface area contributed by atoms with Crippen LogP contribution in [-0.2, 0) is 4.79 Å². The zero-order valence-electron chi connectivity index (χ0n) is 11.4. The van der Waals surface area contributed by atoms with Crippen molar-refractivity contribution in [3.63, 3.8) is 0 Å². The Morgan fingerprint density at radius 1 is 1.25 bits per heavy atom. The molecule has 1 saturated heterocycles. The van der Waals surface area contributed by atoms with Crippen LogP contribution in [0.3, 0.4) is 0 Å². The Morgan fingerprint density at radius 2 is 1.90 bits per heavy atom. The van der Waals surface area contributed by atoms with E-state index in [4.69, 9.17) is 0 Å². The van der Waals surface area contributed by atoms with Gasteiger partial charge in [0.1, 0.15) is 5.82 Å². The highest BCUT2D eigenvalue weighted by Gasteiger charge is 2.67. The number of rotatable bonds is 2. The lowest BCUT2D eigenvalue weighted by atomic mass is 10.1. The van der Waals surface area contributed by atoms with E-state index in [2.05, 4.69) is 41.7 Å². The highest BCUT2D eigenvalue weighted by molar-refractivity contribution is 9.25. The van der Waals surface area contributed by atoms with Crippen molar-refractivity contribution < 1.29 is 4.79 Å². The molecule has 1 aliphatic carbocycles. The Labute approximate surface area is 135 Å². The minimum Gasteiger partial charge on any atom is -0.353 e. The summed E-state index contributed by atoms with van der Waals surface area (Å²) in [6.45, 7) is 5.24. The van der Waals surface area contributed by atoms with Gasteiger partial charge in [-0.05, 0) is 25.5 Å². The Balaban J connectivity index is 1.61. The number of halogens is 2. The van der Waals surface area contributed by atoms with Crippen LogP contribution in [0.5, 0.6) is 0 Å². The number of aromatic nitrogens is 1. The summed E-state index contributed by atoms with van der Waals surface area (Å²) >= 11 is 7.15. The average Bonchev–Trinajstić information content (AvgIpc) is 2.99. The molecule has 0 spiro atoms. The van der Waals surface area contributed by atoms with E-state index in [0.29, 0.717) is 0 Å². The number of hydrogen-bond donors (Lipinski definition) is 0. The Morgan fingerprint density at radius 3 is 2.40 bits per heavy atom.